The van der Waals surface area contributed by atoms with Gasteiger partial charge in [0.2, 0.25) is 0 Å². The van der Waals surface area contributed by atoms with Gasteiger partial charge in [0.15, 0.2) is 0 Å². The van der Waals surface area contributed by atoms with E-state index in [0.717, 1.165) is 37.4 Å². The molecule has 1 N–H and O–H groups in total. The topological polar surface area (TPSA) is 35.4 Å². The van der Waals surface area contributed by atoms with Crippen LogP contribution in [0.3, 0.4) is 0 Å². The summed E-state index contributed by atoms with van der Waals surface area (Å²) in [7, 11) is 3.77. The Morgan fingerprint density at radius 2 is 2.26 bits per heavy atom. The Labute approximate surface area is 113 Å². The molecule has 1 aromatic heterocycles. The quantitative estimate of drug-likeness (QED) is 0.899. The summed E-state index contributed by atoms with van der Waals surface area (Å²) in [4.78, 5) is 0. The van der Waals surface area contributed by atoms with Crippen LogP contribution in [-0.4, -0.2) is 31.4 Å². The van der Waals surface area contributed by atoms with Crippen molar-refractivity contribution in [3.05, 3.63) is 30.0 Å². The van der Waals surface area contributed by atoms with Crippen LogP contribution < -0.4 is 10.1 Å². The summed E-state index contributed by atoms with van der Waals surface area (Å²) in [5.74, 6) is 0.915. The number of ether oxygens (including phenoxy) is 2. The lowest BCUT2D eigenvalue weighted by molar-refractivity contribution is 0.0653. The molecule has 1 atom stereocenters. The highest BCUT2D eigenvalue weighted by atomic mass is 16.5. The van der Waals surface area contributed by atoms with E-state index in [0.29, 0.717) is 0 Å². The summed E-state index contributed by atoms with van der Waals surface area (Å²) < 4.78 is 13.6. The fourth-order valence-corrected chi connectivity index (χ4v) is 2.84. The molecule has 19 heavy (non-hydrogen) atoms. The molecule has 1 aliphatic rings. The molecule has 0 saturated carbocycles. The van der Waals surface area contributed by atoms with Gasteiger partial charge in [0, 0.05) is 30.7 Å². The van der Waals surface area contributed by atoms with Crippen molar-refractivity contribution in [1.82, 2.24) is 9.88 Å². The van der Waals surface area contributed by atoms with E-state index in [1.165, 1.54) is 10.9 Å². The molecular formula is C15H20N2O2. The second kappa shape index (κ2) is 5.23. The smallest absolute Gasteiger partial charge is 0.143 e. The molecule has 2 aromatic rings. The molecule has 3 rings (SSSR count). The van der Waals surface area contributed by atoms with Gasteiger partial charge in [0.25, 0.3) is 0 Å². The van der Waals surface area contributed by atoms with Gasteiger partial charge >= 0.3 is 0 Å². The molecule has 1 fully saturated rings. The molecule has 0 spiro atoms. The average molecular weight is 260 g/mol. The Morgan fingerprint density at radius 1 is 1.37 bits per heavy atom. The lowest BCUT2D eigenvalue weighted by atomic mass is 10.1. The third kappa shape index (κ3) is 2.22. The van der Waals surface area contributed by atoms with Gasteiger partial charge in [-0.1, -0.05) is 12.1 Å². The van der Waals surface area contributed by atoms with Crippen LogP contribution in [0, 0.1) is 0 Å². The minimum Gasteiger partial charge on any atom is -0.495 e. The van der Waals surface area contributed by atoms with Gasteiger partial charge in [-0.05, 0) is 19.0 Å². The van der Waals surface area contributed by atoms with E-state index >= 15 is 0 Å². The molecule has 0 bridgehead atoms. The maximum atomic E-state index is 5.97. The van der Waals surface area contributed by atoms with Crippen molar-refractivity contribution in [3.8, 4) is 5.75 Å². The monoisotopic (exact) mass is 260 g/mol. The maximum absolute atomic E-state index is 5.97. The first-order chi connectivity index (χ1) is 9.31. The van der Waals surface area contributed by atoms with Crippen LogP contribution in [0.15, 0.2) is 24.4 Å². The van der Waals surface area contributed by atoms with Crippen LogP contribution in [0.2, 0.25) is 0 Å². The number of nitrogens with one attached hydrogen (secondary N) is 1. The van der Waals surface area contributed by atoms with Crippen molar-refractivity contribution in [2.75, 3.05) is 26.8 Å². The zero-order chi connectivity index (χ0) is 13.2. The SMILES string of the molecule is COc1cccc2c(C3CCNCCO3)cn(C)c12. The largest absolute Gasteiger partial charge is 0.495 e. The van der Waals surface area contributed by atoms with Crippen LogP contribution in [0.1, 0.15) is 18.1 Å². The molecular weight excluding hydrogens is 240 g/mol. The molecule has 4 heteroatoms. The number of rotatable bonds is 2. The normalized spacial score (nSPS) is 20.4. The number of hydrogen-bond acceptors (Lipinski definition) is 3. The van der Waals surface area contributed by atoms with Gasteiger partial charge < -0.3 is 19.4 Å². The second-order valence-electron chi connectivity index (χ2n) is 4.95. The fraction of sp³-hybridized carbons (Fsp3) is 0.467. The lowest BCUT2D eigenvalue weighted by Gasteiger charge is -2.13. The van der Waals surface area contributed by atoms with Crippen molar-refractivity contribution in [3.63, 3.8) is 0 Å². The summed E-state index contributed by atoms with van der Waals surface area (Å²) in [6, 6.07) is 6.19. The summed E-state index contributed by atoms with van der Waals surface area (Å²) in [6.07, 6.45) is 3.35. The Bertz CT molecular complexity index is 569. The Morgan fingerprint density at radius 3 is 3.11 bits per heavy atom. The van der Waals surface area contributed by atoms with E-state index in [1.54, 1.807) is 7.11 Å². The van der Waals surface area contributed by atoms with Crippen molar-refractivity contribution in [1.29, 1.82) is 0 Å². The zero-order valence-electron chi connectivity index (χ0n) is 11.5. The molecule has 0 radical (unpaired) electrons. The van der Waals surface area contributed by atoms with E-state index in [9.17, 15) is 0 Å². The van der Waals surface area contributed by atoms with Crippen LogP contribution in [0.5, 0.6) is 5.75 Å². The van der Waals surface area contributed by atoms with E-state index < -0.39 is 0 Å². The van der Waals surface area contributed by atoms with Crippen molar-refractivity contribution >= 4 is 10.9 Å². The number of aryl methyl sites for hydroxylation is 1. The number of para-hydroxylation sites is 1. The minimum atomic E-state index is 0.172. The molecule has 2 heterocycles. The van der Waals surface area contributed by atoms with Gasteiger partial charge in [-0.15, -0.1) is 0 Å². The number of aromatic nitrogens is 1. The highest BCUT2D eigenvalue weighted by Gasteiger charge is 2.20. The Hall–Kier alpha value is -1.52. The van der Waals surface area contributed by atoms with E-state index in [-0.39, 0.29) is 6.10 Å². The maximum Gasteiger partial charge on any atom is 0.143 e. The minimum absolute atomic E-state index is 0.172. The first-order valence-electron chi connectivity index (χ1n) is 6.75. The van der Waals surface area contributed by atoms with E-state index in [2.05, 4.69) is 29.2 Å². The molecule has 1 aliphatic heterocycles. The van der Waals surface area contributed by atoms with Gasteiger partial charge in [0.05, 0.1) is 25.3 Å². The standard InChI is InChI=1S/C15H20N2O2/c1-17-10-12(13-6-7-16-8-9-19-13)11-4-3-5-14(18-2)15(11)17/h3-5,10,13,16H,6-9H2,1-2H3. The number of hydrogen-bond donors (Lipinski definition) is 1. The van der Waals surface area contributed by atoms with Crippen LogP contribution >= 0.6 is 0 Å². The van der Waals surface area contributed by atoms with Crippen LogP contribution in [0.25, 0.3) is 10.9 Å². The molecule has 1 aromatic carbocycles. The zero-order valence-corrected chi connectivity index (χ0v) is 11.5. The number of methoxy groups -OCH3 is 1. The third-order valence-electron chi connectivity index (χ3n) is 3.74. The molecule has 102 valence electrons. The molecule has 0 aliphatic carbocycles. The highest BCUT2D eigenvalue weighted by Crippen LogP contribution is 2.34. The van der Waals surface area contributed by atoms with Gasteiger partial charge in [-0.3, -0.25) is 0 Å². The highest BCUT2D eigenvalue weighted by molar-refractivity contribution is 5.89. The van der Waals surface area contributed by atoms with E-state index in [4.69, 9.17) is 9.47 Å². The molecule has 4 nitrogen and oxygen atoms in total. The summed E-state index contributed by atoms with van der Waals surface area (Å²) in [6.45, 7) is 2.71. The van der Waals surface area contributed by atoms with Crippen molar-refractivity contribution in [2.24, 2.45) is 7.05 Å². The average Bonchev–Trinajstić information content (AvgIpc) is 2.65. The molecule has 0 amide bonds. The summed E-state index contributed by atoms with van der Waals surface area (Å²) >= 11 is 0. The van der Waals surface area contributed by atoms with Crippen molar-refractivity contribution < 1.29 is 9.47 Å². The predicted octanol–water partition coefficient (Wildman–Crippen LogP) is 2.24. The fourth-order valence-electron chi connectivity index (χ4n) is 2.84. The first-order valence-corrected chi connectivity index (χ1v) is 6.75. The van der Waals surface area contributed by atoms with Gasteiger partial charge in [0.1, 0.15) is 5.75 Å². The summed E-state index contributed by atoms with van der Waals surface area (Å²) in [5, 5.41) is 4.60. The van der Waals surface area contributed by atoms with Gasteiger partial charge in [-0.25, -0.2) is 0 Å². The third-order valence-corrected chi connectivity index (χ3v) is 3.74. The number of fused-ring (bicyclic) bond motifs is 1. The van der Waals surface area contributed by atoms with Crippen LogP contribution in [-0.2, 0) is 11.8 Å². The number of benzene rings is 1. The predicted molar refractivity (Wildman–Crippen MR) is 75.7 cm³/mol. The molecule has 1 unspecified atom stereocenters. The summed E-state index contributed by atoms with van der Waals surface area (Å²) in [5.41, 5.74) is 2.40. The van der Waals surface area contributed by atoms with Gasteiger partial charge in [-0.2, -0.15) is 0 Å². The van der Waals surface area contributed by atoms with Crippen LogP contribution in [0.4, 0.5) is 0 Å². The Kier molecular flexibility index (Phi) is 3.44. The second-order valence-corrected chi connectivity index (χ2v) is 4.95. The van der Waals surface area contributed by atoms with Crippen molar-refractivity contribution in [2.45, 2.75) is 12.5 Å². The lowest BCUT2D eigenvalue weighted by Crippen LogP contribution is -2.16. The molecule has 1 saturated heterocycles. The van der Waals surface area contributed by atoms with E-state index in [1.807, 2.05) is 12.1 Å². The number of nitrogens with zero attached hydrogens (tertiary/aromatic N) is 1. The first kappa shape index (κ1) is 12.5. The Balaban J connectivity index is 2.08.